The molecule has 4 nitrogen and oxygen atoms in total. The van der Waals surface area contributed by atoms with Gasteiger partial charge in [0.2, 0.25) is 0 Å². The van der Waals surface area contributed by atoms with E-state index in [1.807, 2.05) is 14.1 Å². The summed E-state index contributed by atoms with van der Waals surface area (Å²) in [5, 5.41) is 0. The lowest BCUT2D eigenvalue weighted by Gasteiger charge is -2.14. The van der Waals surface area contributed by atoms with Crippen molar-refractivity contribution in [3.63, 3.8) is 0 Å². The SMILES string of the molecule is CN(C)CC(S)OS(C)(=O)=O. The molecule has 0 amide bonds. The largest absolute Gasteiger partial charge is 0.306 e. The highest BCUT2D eigenvalue weighted by Gasteiger charge is 2.11. The van der Waals surface area contributed by atoms with E-state index in [1.165, 1.54) is 0 Å². The standard InChI is InChI=1S/C5H13NO3S2/c1-6(2)4-5(10)9-11(3,7)8/h5,10H,4H2,1-3H3. The van der Waals surface area contributed by atoms with Crippen LogP contribution in [0.15, 0.2) is 0 Å². The Labute approximate surface area is 73.1 Å². The first-order valence-electron chi connectivity index (χ1n) is 3.02. The van der Waals surface area contributed by atoms with Crippen molar-refractivity contribution in [3.8, 4) is 0 Å². The lowest BCUT2D eigenvalue weighted by atomic mass is 10.6. The van der Waals surface area contributed by atoms with Gasteiger partial charge in [0.1, 0.15) is 5.44 Å². The molecule has 0 saturated heterocycles. The molecule has 0 fully saturated rings. The lowest BCUT2D eigenvalue weighted by molar-refractivity contribution is 0.242. The molecule has 0 aromatic carbocycles. The van der Waals surface area contributed by atoms with Gasteiger partial charge >= 0.3 is 0 Å². The van der Waals surface area contributed by atoms with Crippen LogP contribution in [0.5, 0.6) is 0 Å². The molecule has 1 atom stereocenters. The Balaban J connectivity index is 3.80. The van der Waals surface area contributed by atoms with Crippen molar-refractivity contribution >= 4 is 22.7 Å². The fourth-order valence-corrected chi connectivity index (χ4v) is 1.80. The van der Waals surface area contributed by atoms with E-state index in [1.54, 1.807) is 4.90 Å². The summed E-state index contributed by atoms with van der Waals surface area (Å²) in [5.74, 6) is 0. The molecule has 11 heavy (non-hydrogen) atoms. The molecule has 0 aliphatic rings. The third-order valence-corrected chi connectivity index (χ3v) is 1.80. The topological polar surface area (TPSA) is 46.6 Å². The Morgan fingerprint density at radius 3 is 2.27 bits per heavy atom. The van der Waals surface area contributed by atoms with Crippen molar-refractivity contribution < 1.29 is 12.6 Å². The summed E-state index contributed by atoms with van der Waals surface area (Å²) in [4.78, 5) is 1.79. The van der Waals surface area contributed by atoms with Crippen molar-refractivity contribution in [2.45, 2.75) is 5.44 Å². The maximum absolute atomic E-state index is 10.5. The molecule has 0 aromatic rings. The molecule has 6 heteroatoms. The van der Waals surface area contributed by atoms with E-state index in [-0.39, 0.29) is 0 Å². The van der Waals surface area contributed by atoms with Crippen molar-refractivity contribution in [2.24, 2.45) is 0 Å². The summed E-state index contributed by atoms with van der Waals surface area (Å²) < 4.78 is 25.6. The summed E-state index contributed by atoms with van der Waals surface area (Å²) in [6.45, 7) is 0.468. The first-order valence-corrected chi connectivity index (χ1v) is 5.35. The molecule has 0 spiro atoms. The minimum Gasteiger partial charge on any atom is -0.306 e. The molecule has 0 aliphatic carbocycles. The van der Waals surface area contributed by atoms with Gasteiger partial charge in [-0.1, -0.05) is 0 Å². The van der Waals surface area contributed by atoms with Crippen LogP contribution in [0.3, 0.4) is 0 Å². The number of rotatable bonds is 4. The van der Waals surface area contributed by atoms with E-state index in [2.05, 4.69) is 16.8 Å². The van der Waals surface area contributed by atoms with Crippen LogP contribution in [0.2, 0.25) is 0 Å². The Morgan fingerprint density at radius 1 is 1.55 bits per heavy atom. The second kappa shape index (κ2) is 4.30. The van der Waals surface area contributed by atoms with Crippen LogP contribution >= 0.6 is 12.6 Å². The van der Waals surface area contributed by atoms with Crippen LogP contribution in [-0.4, -0.2) is 45.6 Å². The van der Waals surface area contributed by atoms with Crippen LogP contribution in [0.25, 0.3) is 0 Å². The fourth-order valence-electron chi connectivity index (χ4n) is 0.545. The monoisotopic (exact) mass is 199 g/mol. The van der Waals surface area contributed by atoms with Gasteiger partial charge in [-0.2, -0.15) is 8.42 Å². The zero-order valence-corrected chi connectivity index (χ0v) is 8.52. The molecule has 0 radical (unpaired) electrons. The van der Waals surface area contributed by atoms with Crippen molar-refractivity contribution in [3.05, 3.63) is 0 Å². The third kappa shape index (κ3) is 8.12. The van der Waals surface area contributed by atoms with Crippen LogP contribution in [0.4, 0.5) is 0 Å². The van der Waals surface area contributed by atoms with E-state index in [9.17, 15) is 8.42 Å². The highest BCUT2D eigenvalue weighted by Crippen LogP contribution is 2.02. The maximum atomic E-state index is 10.5. The molecule has 0 heterocycles. The van der Waals surface area contributed by atoms with Gasteiger partial charge in [-0.15, -0.1) is 12.6 Å². The van der Waals surface area contributed by atoms with Crippen LogP contribution < -0.4 is 0 Å². The third-order valence-electron chi connectivity index (χ3n) is 0.807. The highest BCUT2D eigenvalue weighted by atomic mass is 32.2. The minimum atomic E-state index is -3.37. The van der Waals surface area contributed by atoms with E-state index in [4.69, 9.17) is 0 Å². The second-order valence-corrected chi connectivity index (χ2v) is 4.69. The fraction of sp³-hybridized carbons (Fsp3) is 1.00. The predicted molar refractivity (Wildman–Crippen MR) is 47.3 cm³/mol. The van der Waals surface area contributed by atoms with Gasteiger partial charge < -0.3 is 4.90 Å². The quantitative estimate of drug-likeness (QED) is 0.386. The van der Waals surface area contributed by atoms with Gasteiger partial charge in [0.25, 0.3) is 10.1 Å². The van der Waals surface area contributed by atoms with Gasteiger partial charge in [-0.3, -0.25) is 4.18 Å². The number of hydrogen-bond acceptors (Lipinski definition) is 5. The van der Waals surface area contributed by atoms with Crippen molar-refractivity contribution in [2.75, 3.05) is 26.9 Å². The maximum Gasteiger partial charge on any atom is 0.265 e. The molecule has 0 rings (SSSR count). The minimum absolute atomic E-state index is 0.468. The van der Waals surface area contributed by atoms with Crippen molar-refractivity contribution in [1.82, 2.24) is 4.90 Å². The van der Waals surface area contributed by atoms with E-state index in [0.717, 1.165) is 6.26 Å². The Kier molecular flexibility index (Phi) is 4.38. The molecule has 0 N–H and O–H groups in total. The zero-order valence-electron chi connectivity index (χ0n) is 6.81. The first kappa shape index (κ1) is 11.2. The lowest BCUT2D eigenvalue weighted by Crippen LogP contribution is -2.25. The molecule has 1 unspecified atom stereocenters. The summed E-state index contributed by atoms with van der Waals surface area (Å²) in [7, 11) is 0.257. The molecule has 0 bridgehead atoms. The molecular formula is C5H13NO3S2. The normalized spacial score (nSPS) is 15.4. The van der Waals surface area contributed by atoms with Gasteiger partial charge in [-0.25, -0.2) is 0 Å². The van der Waals surface area contributed by atoms with Gasteiger partial charge in [0, 0.05) is 6.54 Å². The molecule has 0 aliphatic heterocycles. The van der Waals surface area contributed by atoms with E-state index >= 15 is 0 Å². The summed E-state index contributed by atoms with van der Waals surface area (Å²) in [6.07, 6.45) is 1.01. The molecule has 0 aromatic heterocycles. The highest BCUT2D eigenvalue weighted by molar-refractivity contribution is 7.87. The number of hydrogen-bond donors (Lipinski definition) is 1. The zero-order chi connectivity index (χ0) is 9.07. The number of thiol groups is 1. The van der Waals surface area contributed by atoms with E-state index < -0.39 is 15.6 Å². The van der Waals surface area contributed by atoms with Crippen LogP contribution in [-0.2, 0) is 14.3 Å². The second-order valence-electron chi connectivity index (χ2n) is 2.52. The van der Waals surface area contributed by atoms with E-state index in [0.29, 0.717) is 6.54 Å². The predicted octanol–water partition coefficient (Wildman–Crippen LogP) is -0.220. The summed E-state index contributed by atoms with van der Waals surface area (Å²) in [6, 6.07) is 0. The van der Waals surface area contributed by atoms with Crippen LogP contribution in [0, 0.1) is 0 Å². The van der Waals surface area contributed by atoms with Crippen molar-refractivity contribution in [1.29, 1.82) is 0 Å². The Hall–Kier alpha value is 0.220. The molecule has 0 saturated carbocycles. The number of likely N-dealkylation sites (N-methyl/N-ethyl adjacent to an activating group) is 1. The van der Waals surface area contributed by atoms with Gasteiger partial charge in [-0.05, 0) is 14.1 Å². The van der Waals surface area contributed by atoms with Gasteiger partial charge in [0.15, 0.2) is 0 Å². The average Bonchev–Trinajstić information content (AvgIpc) is 1.53. The number of nitrogens with zero attached hydrogens (tertiary/aromatic N) is 1. The Bertz CT molecular complexity index is 200. The van der Waals surface area contributed by atoms with Crippen LogP contribution in [0.1, 0.15) is 0 Å². The molecular weight excluding hydrogens is 186 g/mol. The van der Waals surface area contributed by atoms with Gasteiger partial charge in [0.05, 0.1) is 6.26 Å². The summed E-state index contributed by atoms with van der Waals surface area (Å²) >= 11 is 3.92. The average molecular weight is 199 g/mol. The Morgan fingerprint density at radius 2 is 2.00 bits per heavy atom. The smallest absolute Gasteiger partial charge is 0.265 e. The molecule has 68 valence electrons. The first-order chi connectivity index (χ1) is 4.81. The summed E-state index contributed by atoms with van der Waals surface area (Å²) in [5.41, 5.74) is -0.583.